The number of hydrogen-bond donors (Lipinski definition) is 1. The number of alkyl halides is 3. The Morgan fingerprint density at radius 3 is 2.62 bits per heavy atom. The van der Waals surface area contributed by atoms with Gasteiger partial charge in [0.05, 0.1) is 0 Å². The van der Waals surface area contributed by atoms with Gasteiger partial charge in [-0.25, -0.2) is 0 Å². The van der Waals surface area contributed by atoms with Gasteiger partial charge >= 0.3 is 6.36 Å². The summed E-state index contributed by atoms with van der Waals surface area (Å²) in [5.41, 5.74) is 6.65. The zero-order chi connectivity index (χ0) is 15.5. The van der Waals surface area contributed by atoms with E-state index >= 15 is 0 Å². The van der Waals surface area contributed by atoms with Crippen molar-refractivity contribution in [3.63, 3.8) is 0 Å². The summed E-state index contributed by atoms with van der Waals surface area (Å²) >= 11 is 0. The fourth-order valence-corrected chi connectivity index (χ4v) is 2.64. The minimum atomic E-state index is -4.67. The molecule has 2 rings (SSSR count). The van der Waals surface area contributed by atoms with Crippen LogP contribution in [0.3, 0.4) is 0 Å². The highest BCUT2D eigenvalue weighted by Gasteiger charge is 2.34. The van der Waals surface area contributed by atoms with Crippen molar-refractivity contribution in [3.8, 4) is 5.75 Å². The predicted octanol–water partition coefficient (Wildman–Crippen LogP) is 3.46. The van der Waals surface area contributed by atoms with Gasteiger partial charge in [-0.2, -0.15) is 0 Å². The van der Waals surface area contributed by atoms with Crippen molar-refractivity contribution in [3.05, 3.63) is 29.8 Å². The number of nitrogens with two attached hydrogens (primary N) is 1. The van der Waals surface area contributed by atoms with E-state index in [1.54, 1.807) is 6.07 Å². The lowest BCUT2D eigenvalue weighted by Crippen LogP contribution is -2.36. The van der Waals surface area contributed by atoms with Crippen molar-refractivity contribution in [1.82, 2.24) is 4.90 Å². The summed E-state index contributed by atoms with van der Waals surface area (Å²) < 4.78 is 40.9. The first-order chi connectivity index (χ1) is 9.94. The van der Waals surface area contributed by atoms with Gasteiger partial charge in [0, 0.05) is 18.6 Å². The molecule has 0 heterocycles. The Labute approximate surface area is 122 Å². The van der Waals surface area contributed by atoms with Crippen molar-refractivity contribution in [2.24, 2.45) is 5.73 Å². The summed E-state index contributed by atoms with van der Waals surface area (Å²) in [5.74, 6) is -0.189. The summed E-state index contributed by atoms with van der Waals surface area (Å²) in [6.45, 7) is 3.37. The molecule has 0 aromatic heterocycles. The van der Waals surface area contributed by atoms with Gasteiger partial charge in [0.25, 0.3) is 0 Å². The molecule has 3 nitrogen and oxygen atoms in total. The van der Waals surface area contributed by atoms with Gasteiger partial charge in [-0.1, -0.05) is 19.1 Å². The van der Waals surface area contributed by atoms with E-state index in [4.69, 9.17) is 5.73 Å². The van der Waals surface area contributed by atoms with Crippen LogP contribution in [0, 0.1) is 0 Å². The van der Waals surface area contributed by atoms with Gasteiger partial charge in [0.15, 0.2) is 0 Å². The van der Waals surface area contributed by atoms with Crippen molar-refractivity contribution in [2.45, 2.75) is 44.6 Å². The monoisotopic (exact) mass is 302 g/mol. The highest BCUT2D eigenvalue weighted by atomic mass is 19.4. The maximum absolute atomic E-state index is 12.3. The Hall–Kier alpha value is -1.27. The molecule has 0 radical (unpaired) electrons. The first-order valence-electron chi connectivity index (χ1n) is 7.26. The standard InChI is InChI=1S/C15H21F3N2O/c1-2-8-20(12-6-7-12)14(10-19)11-4-3-5-13(9-11)21-15(16,17)18/h3-5,9,12,14H,2,6-8,10,19H2,1H3. The van der Waals surface area contributed by atoms with Crippen LogP contribution in [0.2, 0.25) is 0 Å². The maximum Gasteiger partial charge on any atom is 0.573 e. The van der Waals surface area contributed by atoms with Crippen LogP contribution in [-0.2, 0) is 0 Å². The molecule has 1 aliphatic carbocycles. The lowest BCUT2D eigenvalue weighted by Gasteiger charge is -2.31. The Balaban J connectivity index is 2.18. The molecule has 0 saturated heterocycles. The van der Waals surface area contributed by atoms with Crippen LogP contribution in [0.25, 0.3) is 0 Å². The minimum Gasteiger partial charge on any atom is -0.406 e. The third kappa shape index (κ3) is 4.61. The molecule has 0 bridgehead atoms. The third-order valence-electron chi connectivity index (χ3n) is 3.60. The molecule has 1 aromatic rings. The van der Waals surface area contributed by atoms with E-state index in [1.165, 1.54) is 12.1 Å². The lowest BCUT2D eigenvalue weighted by atomic mass is 10.0. The van der Waals surface area contributed by atoms with Crippen molar-refractivity contribution < 1.29 is 17.9 Å². The van der Waals surface area contributed by atoms with Crippen LogP contribution >= 0.6 is 0 Å². The first kappa shape index (κ1) is 16.1. The van der Waals surface area contributed by atoms with Crippen molar-refractivity contribution >= 4 is 0 Å². The smallest absolute Gasteiger partial charge is 0.406 e. The number of rotatable bonds is 7. The summed E-state index contributed by atoms with van der Waals surface area (Å²) in [6, 6.07) is 6.59. The van der Waals surface area contributed by atoms with Gasteiger partial charge in [-0.05, 0) is 43.5 Å². The van der Waals surface area contributed by atoms with Crippen LogP contribution in [-0.4, -0.2) is 30.4 Å². The van der Waals surface area contributed by atoms with Crippen LogP contribution in [0.15, 0.2) is 24.3 Å². The average Bonchev–Trinajstić information content (AvgIpc) is 3.21. The molecule has 1 fully saturated rings. The molecule has 0 spiro atoms. The SMILES string of the molecule is CCCN(C1CC1)C(CN)c1cccc(OC(F)(F)F)c1. The van der Waals surface area contributed by atoms with Crippen molar-refractivity contribution in [1.29, 1.82) is 0 Å². The largest absolute Gasteiger partial charge is 0.573 e. The van der Waals surface area contributed by atoms with E-state index < -0.39 is 6.36 Å². The average molecular weight is 302 g/mol. The minimum absolute atomic E-state index is 0.0609. The first-order valence-corrected chi connectivity index (χ1v) is 7.26. The molecule has 0 amide bonds. The number of ether oxygens (including phenoxy) is 1. The summed E-state index contributed by atoms with van der Waals surface area (Å²) in [4.78, 5) is 2.30. The molecule has 1 unspecified atom stereocenters. The van der Waals surface area contributed by atoms with Crippen LogP contribution in [0.4, 0.5) is 13.2 Å². The highest BCUT2D eigenvalue weighted by Crippen LogP contribution is 2.35. The lowest BCUT2D eigenvalue weighted by molar-refractivity contribution is -0.274. The van der Waals surface area contributed by atoms with E-state index in [-0.39, 0.29) is 11.8 Å². The molecule has 21 heavy (non-hydrogen) atoms. The van der Waals surface area contributed by atoms with E-state index in [1.807, 2.05) is 6.07 Å². The summed E-state index contributed by atoms with van der Waals surface area (Å²) in [5, 5.41) is 0. The molecular formula is C15H21F3N2O. The van der Waals surface area contributed by atoms with Gasteiger partial charge < -0.3 is 10.5 Å². The fourth-order valence-electron chi connectivity index (χ4n) is 2.64. The van der Waals surface area contributed by atoms with Crippen LogP contribution in [0.5, 0.6) is 5.75 Å². The Bertz CT molecular complexity index is 460. The van der Waals surface area contributed by atoms with E-state index in [0.717, 1.165) is 31.4 Å². The zero-order valence-electron chi connectivity index (χ0n) is 12.1. The molecule has 0 aliphatic heterocycles. The van der Waals surface area contributed by atoms with Gasteiger partial charge in [0.1, 0.15) is 5.75 Å². The van der Waals surface area contributed by atoms with Gasteiger partial charge in [0.2, 0.25) is 0 Å². The topological polar surface area (TPSA) is 38.5 Å². The van der Waals surface area contributed by atoms with E-state index in [9.17, 15) is 13.2 Å². The van der Waals surface area contributed by atoms with E-state index in [0.29, 0.717) is 12.6 Å². The second kappa shape index (κ2) is 6.66. The molecular weight excluding hydrogens is 281 g/mol. The second-order valence-corrected chi connectivity index (χ2v) is 5.34. The highest BCUT2D eigenvalue weighted by molar-refractivity contribution is 5.31. The van der Waals surface area contributed by atoms with Gasteiger partial charge in [-0.3, -0.25) is 4.90 Å². The van der Waals surface area contributed by atoms with Crippen molar-refractivity contribution in [2.75, 3.05) is 13.1 Å². The zero-order valence-corrected chi connectivity index (χ0v) is 12.1. The Kier molecular flexibility index (Phi) is 5.11. The predicted molar refractivity (Wildman–Crippen MR) is 74.9 cm³/mol. The van der Waals surface area contributed by atoms with Crippen LogP contribution in [0.1, 0.15) is 37.8 Å². The molecule has 1 aromatic carbocycles. The Morgan fingerprint density at radius 2 is 2.10 bits per heavy atom. The Morgan fingerprint density at radius 1 is 1.38 bits per heavy atom. The summed E-state index contributed by atoms with van der Waals surface area (Å²) in [7, 11) is 0. The van der Waals surface area contributed by atoms with E-state index in [2.05, 4.69) is 16.6 Å². The number of halogens is 3. The molecule has 1 aliphatic rings. The molecule has 6 heteroatoms. The maximum atomic E-state index is 12.3. The quantitative estimate of drug-likeness (QED) is 0.838. The molecule has 1 atom stereocenters. The van der Waals surface area contributed by atoms with Gasteiger partial charge in [-0.15, -0.1) is 13.2 Å². The number of hydrogen-bond acceptors (Lipinski definition) is 3. The van der Waals surface area contributed by atoms with Crippen LogP contribution < -0.4 is 10.5 Å². The third-order valence-corrected chi connectivity index (χ3v) is 3.60. The number of nitrogens with zero attached hydrogens (tertiary/aromatic N) is 1. The summed E-state index contributed by atoms with van der Waals surface area (Å²) in [6.07, 6.45) is -1.41. The molecule has 1 saturated carbocycles. The number of benzene rings is 1. The second-order valence-electron chi connectivity index (χ2n) is 5.34. The molecule has 118 valence electrons. The normalized spacial score (nSPS) is 17.0. The fraction of sp³-hybridized carbons (Fsp3) is 0.600. The molecule has 2 N–H and O–H groups in total.